The standard InChI is InChI=1S/C15H26N2O4/c1-5-14(4,12(19)20)17-11(18)15(16)9-7-6-8-21-10(9)13(15,2)3/h9-10H,5-8,16H2,1-4H3,(H,17,18)(H,19,20). The summed E-state index contributed by atoms with van der Waals surface area (Å²) in [6.45, 7) is 7.78. The van der Waals surface area contributed by atoms with Crippen LogP contribution in [0.4, 0.5) is 0 Å². The van der Waals surface area contributed by atoms with Crippen LogP contribution >= 0.6 is 0 Å². The second-order valence-electron chi connectivity index (χ2n) is 7.08. The summed E-state index contributed by atoms with van der Waals surface area (Å²) in [6.07, 6.45) is 2.00. The minimum Gasteiger partial charge on any atom is -0.480 e. The molecule has 4 atom stereocenters. The first-order valence-electron chi connectivity index (χ1n) is 7.57. The van der Waals surface area contributed by atoms with Gasteiger partial charge < -0.3 is 20.9 Å². The molecule has 4 N–H and O–H groups in total. The van der Waals surface area contributed by atoms with Crippen molar-refractivity contribution in [3.63, 3.8) is 0 Å². The van der Waals surface area contributed by atoms with Crippen LogP contribution in [-0.4, -0.2) is 40.8 Å². The number of fused-ring (bicyclic) bond motifs is 1. The van der Waals surface area contributed by atoms with Crippen LogP contribution in [0.2, 0.25) is 0 Å². The average molecular weight is 298 g/mol. The fourth-order valence-corrected chi connectivity index (χ4v) is 3.68. The highest BCUT2D eigenvalue weighted by Crippen LogP contribution is 2.57. The third-order valence-corrected chi connectivity index (χ3v) is 5.63. The minimum absolute atomic E-state index is 0.0280. The normalized spacial score (nSPS) is 36.8. The lowest BCUT2D eigenvalue weighted by Gasteiger charge is -2.65. The molecule has 0 aromatic carbocycles. The number of carboxylic acids is 1. The van der Waals surface area contributed by atoms with E-state index in [2.05, 4.69) is 5.32 Å². The van der Waals surface area contributed by atoms with E-state index < -0.39 is 22.5 Å². The molecule has 1 aliphatic heterocycles. The van der Waals surface area contributed by atoms with Crippen molar-refractivity contribution in [2.24, 2.45) is 17.1 Å². The van der Waals surface area contributed by atoms with Crippen molar-refractivity contribution in [2.75, 3.05) is 6.61 Å². The van der Waals surface area contributed by atoms with Crippen molar-refractivity contribution in [3.05, 3.63) is 0 Å². The Kier molecular flexibility index (Phi) is 3.83. The van der Waals surface area contributed by atoms with Crippen molar-refractivity contribution in [3.8, 4) is 0 Å². The molecule has 1 heterocycles. The number of carboxylic acid groups (broad SMARTS) is 1. The first-order valence-corrected chi connectivity index (χ1v) is 7.57. The predicted molar refractivity (Wildman–Crippen MR) is 77.6 cm³/mol. The van der Waals surface area contributed by atoms with Crippen molar-refractivity contribution in [1.82, 2.24) is 5.32 Å². The zero-order valence-electron chi connectivity index (χ0n) is 13.2. The monoisotopic (exact) mass is 298 g/mol. The van der Waals surface area contributed by atoms with Crippen LogP contribution in [0.15, 0.2) is 0 Å². The summed E-state index contributed by atoms with van der Waals surface area (Å²) >= 11 is 0. The molecule has 0 aromatic heterocycles. The largest absolute Gasteiger partial charge is 0.480 e. The summed E-state index contributed by atoms with van der Waals surface area (Å²) in [4.78, 5) is 24.1. The first-order chi connectivity index (χ1) is 9.61. The molecule has 1 amide bonds. The molecule has 2 rings (SSSR count). The number of ether oxygens (including phenoxy) is 1. The van der Waals surface area contributed by atoms with Crippen LogP contribution in [-0.2, 0) is 14.3 Å². The molecule has 2 fully saturated rings. The summed E-state index contributed by atoms with van der Waals surface area (Å²) in [5.74, 6) is -1.47. The quantitative estimate of drug-likeness (QED) is 0.715. The number of carbonyl (C=O) groups excluding carboxylic acids is 1. The molecule has 2 aliphatic rings. The highest BCUT2D eigenvalue weighted by atomic mass is 16.5. The van der Waals surface area contributed by atoms with Gasteiger partial charge in [0, 0.05) is 17.9 Å². The van der Waals surface area contributed by atoms with Gasteiger partial charge in [-0.3, -0.25) is 4.79 Å². The highest BCUT2D eigenvalue weighted by molar-refractivity contribution is 5.94. The minimum atomic E-state index is -1.29. The number of hydrogen-bond acceptors (Lipinski definition) is 4. The molecule has 0 radical (unpaired) electrons. The van der Waals surface area contributed by atoms with Crippen LogP contribution in [0.1, 0.15) is 47.0 Å². The number of carbonyl (C=O) groups is 2. The Balaban J connectivity index is 2.23. The van der Waals surface area contributed by atoms with Gasteiger partial charge in [-0.2, -0.15) is 0 Å². The van der Waals surface area contributed by atoms with Gasteiger partial charge in [0.15, 0.2) is 0 Å². The maximum atomic E-state index is 12.7. The fraction of sp³-hybridized carbons (Fsp3) is 0.867. The number of nitrogens with one attached hydrogen (secondary N) is 1. The zero-order chi connectivity index (χ0) is 16.1. The van der Waals surface area contributed by atoms with Crippen LogP contribution in [0.25, 0.3) is 0 Å². The van der Waals surface area contributed by atoms with Gasteiger partial charge >= 0.3 is 5.97 Å². The van der Waals surface area contributed by atoms with Gasteiger partial charge in [-0.25, -0.2) is 4.79 Å². The summed E-state index contributed by atoms with van der Waals surface area (Å²) < 4.78 is 5.77. The molecular weight excluding hydrogens is 272 g/mol. The summed E-state index contributed by atoms with van der Waals surface area (Å²) in [5, 5.41) is 12.0. The molecular formula is C15H26N2O4. The van der Waals surface area contributed by atoms with E-state index in [0.29, 0.717) is 13.0 Å². The number of nitrogens with two attached hydrogens (primary N) is 1. The van der Waals surface area contributed by atoms with Crippen LogP contribution < -0.4 is 11.1 Å². The molecule has 0 bridgehead atoms. The average Bonchev–Trinajstić information content (AvgIpc) is 2.45. The topological polar surface area (TPSA) is 102 Å². The van der Waals surface area contributed by atoms with Crippen molar-refractivity contribution >= 4 is 11.9 Å². The van der Waals surface area contributed by atoms with Crippen LogP contribution in [0.5, 0.6) is 0 Å². The highest BCUT2D eigenvalue weighted by Gasteiger charge is 2.70. The Morgan fingerprint density at radius 1 is 1.48 bits per heavy atom. The van der Waals surface area contributed by atoms with E-state index in [0.717, 1.165) is 12.8 Å². The van der Waals surface area contributed by atoms with E-state index in [1.54, 1.807) is 6.92 Å². The lowest BCUT2D eigenvalue weighted by molar-refractivity contribution is -0.226. The molecule has 6 nitrogen and oxygen atoms in total. The third kappa shape index (κ3) is 2.07. The fourth-order valence-electron chi connectivity index (χ4n) is 3.68. The van der Waals surface area contributed by atoms with E-state index in [4.69, 9.17) is 10.5 Å². The van der Waals surface area contributed by atoms with Crippen molar-refractivity contribution in [1.29, 1.82) is 0 Å². The van der Waals surface area contributed by atoms with Crippen LogP contribution in [0.3, 0.4) is 0 Å². The Bertz CT molecular complexity index is 465. The van der Waals surface area contributed by atoms with Gasteiger partial charge in [0.25, 0.3) is 0 Å². The van der Waals surface area contributed by atoms with Crippen LogP contribution in [0, 0.1) is 11.3 Å². The predicted octanol–water partition coefficient (Wildman–Crippen LogP) is 0.888. The van der Waals surface area contributed by atoms with Gasteiger partial charge in [-0.1, -0.05) is 20.8 Å². The Morgan fingerprint density at radius 2 is 2.10 bits per heavy atom. The lowest BCUT2D eigenvalue weighted by atomic mass is 9.46. The summed E-state index contributed by atoms with van der Waals surface area (Å²) in [5.41, 5.74) is 3.58. The summed E-state index contributed by atoms with van der Waals surface area (Å²) in [6, 6.07) is 0. The Labute approximate surface area is 125 Å². The number of amides is 1. The second kappa shape index (κ2) is 4.95. The molecule has 0 spiro atoms. The third-order valence-electron chi connectivity index (χ3n) is 5.63. The number of aliphatic carboxylic acids is 1. The molecule has 1 saturated heterocycles. The number of rotatable bonds is 4. The van der Waals surface area contributed by atoms with Gasteiger partial charge in [-0.05, 0) is 26.2 Å². The van der Waals surface area contributed by atoms with Crippen molar-refractivity contribution in [2.45, 2.75) is 64.1 Å². The molecule has 0 aromatic rings. The second-order valence-corrected chi connectivity index (χ2v) is 7.08. The van der Waals surface area contributed by atoms with E-state index in [1.165, 1.54) is 6.92 Å². The molecule has 4 unspecified atom stereocenters. The SMILES string of the molecule is CCC(C)(NC(=O)C1(N)C2CCCOC2C1(C)C)C(=O)O. The maximum Gasteiger partial charge on any atom is 0.329 e. The van der Waals surface area contributed by atoms with Gasteiger partial charge in [0.2, 0.25) is 5.91 Å². The van der Waals surface area contributed by atoms with E-state index in [-0.39, 0.29) is 17.9 Å². The maximum absolute atomic E-state index is 12.7. The van der Waals surface area contributed by atoms with E-state index in [9.17, 15) is 14.7 Å². The van der Waals surface area contributed by atoms with Gasteiger partial charge in [-0.15, -0.1) is 0 Å². The smallest absolute Gasteiger partial charge is 0.329 e. The van der Waals surface area contributed by atoms with Crippen molar-refractivity contribution < 1.29 is 19.4 Å². The molecule has 1 aliphatic carbocycles. The molecule has 1 saturated carbocycles. The number of hydrogen-bond donors (Lipinski definition) is 3. The Hall–Kier alpha value is -1.14. The van der Waals surface area contributed by atoms with E-state index in [1.807, 2.05) is 13.8 Å². The molecule has 21 heavy (non-hydrogen) atoms. The lowest BCUT2D eigenvalue weighted by Crippen LogP contribution is -2.83. The molecule has 6 heteroatoms. The first kappa shape index (κ1) is 16.2. The van der Waals surface area contributed by atoms with Gasteiger partial charge in [0.05, 0.1) is 6.10 Å². The molecule has 120 valence electrons. The zero-order valence-corrected chi connectivity index (χ0v) is 13.2. The van der Waals surface area contributed by atoms with Gasteiger partial charge in [0.1, 0.15) is 11.1 Å². The van der Waals surface area contributed by atoms with E-state index >= 15 is 0 Å². The Morgan fingerprint density at radius 3 is 2.62 bits per heavy atom. The summed E-state index contributed by atoms with van der Waals surface area (Å²) in [7, 11) is 0.